The first-order valence-corrected chi connectivity index (χ1v) is 8.18. The van der Waals surface area contributed by atoms with Crippen LogP contribution in [0.2, 0.25) is 0 Å². The molecule has 1 aliphatic carbocycles. The minimum absolute atomic E-state index is 0. The van der Waals surface area contributed by atoms with Crippen molar-refractivity contribution in [2.24, 2.45) is 5.73 Å². The second-order valence-corrected chi connectivity index (χ2v) is 6.53. The van der Waals surface area contributed by atoms with Gasteiger partial charge in [0, 0.05) is 5.56 Å². The minimum Gasteiger partial charge on any atom is -0.333 e. The van der Waals surface area contributed by atoms with E-state index in [1.807, 2.05) is 36.4 Å². The summed E-state index contributed by atoms with van der Waals surface area (Å²) in [6.07, 6.45) is 4.09. The third-order valence-electron chi connectivity index (χ3n) is 4.16. The van der Waals surface area contributed by atoms with Crippen molar-refractivity contribution in [1.82, 2.24) is 14.5 Å². The topological polar surface area (TPSA) is 77.8 Å². The molecule has 0 amide bonds. The fraction of sp³-hybridized carbons (Fsp3) is 0.312. The summed E-state index contributed by atoms with van der Waals surface area (Å²) in [5, 5.41) is 4.10. The first kappa shape index (κ1) is 16.1. The van der Waals surface area contributed by atoms with Crippen molar-refractivity contribution in [2.75, 3.05) is 0 Å². The fourth-order valence-corrected chi connectivity index (χ4v) is 3.56. The van der Waals surface area contributed by atoms with Crippen LogP contribution in [0.1, 0.15) is 31.5 Å². The van der Waals surface area contributed by atoms with Gasteiger partial charge in [0.1, 0.15) is 4.88 Å². The summed E-state index contributed by atoms with van der Waals surface area (Å²) in [6.45, 7) is 0. The van der Waals surface area contributed by atoms with Gasteiger partial charge >= 0.3 is 0 Å². The molecule has 7 heteroatoms. The van der Waals surface area contributed by atoms with Gasteiger partial charge < -0.3 is 10.3 Å². The molecule has 23 heavy (non-hydrogen) atoms. The average Bonchev–Trinajstić information content (AvgIpc) is 3.28. The van der Waals surface area contributed by atoms with Crippen LogP contribution >= 0.6 is 23.9 Å². The molecule has 5 nitrogen and oxygen atoms in total. The molecule has 0 unspecified atom stereocenters. The number of nitrogens with zero attached hydrogens (tertiary/aromatic N) is 3. The van der Waals surface area contributed by atoms with Crippen molar-refractivity contribution >= 4 is 23.9 Å². The minimum atomic E-state index is -0.422. The molecular formula is C16H17ClN4OS. The third kappa shape index (κ3) is 3.02. The summed E-state index contributed by atoms with van der Waals surface area (Å²) in [5.41, 5.74) is 7.95. The van der Waals surface area contributed by atoms with Crippen molar-refractivity contribution in [1.29, 1.82) is 0 Å². The third-order valence-corrected chi connectivity index (χ3v) is 4.93. The fourth-order valence-electron chi connectivity index (χ4n) is 2.88. The maximum Gasteiger partial charge on any atom is 0.269 e. The lowest BCUT2D eigenvalue weighted by Gasteiger charge is -2.17. The molecule has 0 radical (unpaired) electrons. The Morgan fingerprint density at radius 2 is 1.87 bits per heavy atom. The summed E-state index contributed by atoms with van der Waals surface area (Å²) >= 11 is 1.37. The number of rotatable bonds is 3. The van der Waals surface area contributed by atoms with Gasteiger partial charge in [0.25, 0.3) is 5.89 Å². The van der Waals surface area contributed by atoms with Crippen LogP contribution in [0, 0.1) is 0 Å². The Labute approximate surface area is 144 Å². The Kier molecular flexibility index (Phi) is 4.48. The molecule has 3 aromatic rings. The van der Waals surface area contributed by atoms with E-state index in [9.17, 15) is 0 Å². The molecule has 120 valence electrons. The molecule has 0 aliphatic heterocycles. The summed E-state index contributed by atoms with van der Waals surface area (Å²) in [6, 6.07) is 12.0. The molecular weight excluding hydrogens is 332 g/mol. The number of hydrogen-bond acceptors (Lipinski definition) is 6. The molecule has 1 aliphatic rings. The second kappa shape index (κ2) is 6.39. The van der Waals surface area contributed by atoms with E-state index in [1.165, 1.54) is 11.5 Å². The average molecular weight is 349 g/mol. The van der Waals surface area contributed by atoms with E-state index in [4.69, 9.17) is 10.3 Å². The molecule has 0 saturated heterocycles. The second-order valence-electron chi connectivity index (χ2n) is 5.73. The highest BCUT2D eigenvalue weighted by atomic mass is 35.5. The van der Waals surface area contributed by atoms with Crippen molar-refractivity contribution in [3.63, 3.8) is 0 Å². The first-order chi connectivity index (χ1) is 10.7. The first-order valence-electron chi connectivity index (χ1n) is 7.40. The summed E-state index contributed by atoms with van der Waals surface area (Å²) in [7, 11) is 0. The van der Waals surface area contributed by atoms with Gasteiger partial charge in [-0.05, 0) is 30.4 Å². The molecule has 1 saturated carbocycles. The Balaban J connectivity index is 0.00000156. The molecule has 1 fully saturated rings. The normalized spacial score (nSPS) is 16.2. The van der Waals surface area contributed by atoms with E-state index in [2.05, 4.69) is 14.5 Å². The Bertz CT molecular complexity index is 780. The monoisotopic (exact) mass is 348 g/mol. The van der Waals surface area contributed by atoms with E-state index < -0.39 is 5.54 Å². The van der Waals surface area contributed by atoms with Gasteiger partial charge in [-0.25, -0.2) is 0 Å². The lowest BCUT2D eigenvalue weighted by molar-refractivity contribution is 0.373. The zero-order valence-corrected chi connectivity index (χ0v) is 14.1. The zero-order valence-electron chi connectivity index (χ0n) is 12.4. The predicted octanol–water partition coefficient (Wildman–Crippen LogP) is 4.01. The van der Waals surface area contributed by atoms with E-state index in [0.29, 0.717) is 11.7 Å². The Hall–Kier alpha value is -1.76. The lowest BCUT2D eigenvalue weighted by Crippen LogP contribution is -2.34. The van der Waals surface area contributed by atoms with Crippen molar-refractivity contribution in [3.8, 4) is 22.0 Å². The number of benzene rings is 1. The summed E-state index contributed by atoms with van der Waals surface area (Å²) < 4.78 is 9.88. The van der Waals surface area contributed by atoms with Crippen LogP contribution in [-0.2, 0) is 5.54 Å². The summed E-state index contributed by atoms with van der Waals surface area (Å²) in [5.74, 6) is 1.13. The maximum absolute atomic E-state index is 6.37. The van der Waals surface area contributed by atoms with Crippen LogP contribution in [0.15, 0.2) is 40.9 Å². The van der Waals surface area contributed by atoms with Gasteiger partial charge in [-0.3, -0.25) is 0 Å². The molecule has 1 aromatic carbocycles. The molecule has 0 spiro atoms. The molecule has 2 heterocycles. The van der Waals surface area contributed by atoms with E-state index in [1.54, 1.807) is 0 Å². The van der Waals surface area contributed by atoms with Crippen LogP contribution < -0.4 is 5.73 Å². The number of nitrogens with two attached hydrogens (primary N) is 1. The van der Waals surface area contributed by atoms with Crippen LogP contribution in [0.3, 0.4) is 0 Å². The van der Waals surface area contributed by atoms with Crippen molar-refractivity contribution in [2.45, 2.75) is 31.2 Å². The van der Waals surface area contributed by atoms with Gasteiger partial charge in [0.2, 0.25) is 0 Å². The standard InChI is InChI=1S/C16H16N4OS.ClH/c17-16(8-4-5-9-16)15-18-14(21-19-15)13-10-12(20-22-13)11-6-2-1-3-7-11;/h1-3,6-7,10H,4-5,8-9,17H2;1H. The van der Waals surface area contributed by atoms with E-state index >= 15 is 0 Å². The van der Waals surface area contributed by atoms with E-state index in [0.717, 1.165) is 41.8 Å². The van der Waals surface area contributed by atoms with Crippen LogP contribution in [0.5, 0.6) is 0 Å². The van der Waals surface area contributed by atoms with Gasteiger partial charge in [-0.2, -0.15) is 9.36 Å². The largest absolute Gasteiger partial charge is 0.333 e. The van der Waals surface area contributed by atoms with Crippen LogP contribution in [0.25, 0.3) is 22.0 Å². The van der Waals surface area contributed by atoms with Crippen molar-refractivity contribution < 1.29 is 4.52 Å². The highest BCUT2D eigenvalue weighted by Crippen LogP contribution is 2.36. The van der Waals surface area contributed by atoms with Crippen LogP contribution in [0.4, 0.5) is 0 Å². The van der Waals surface area contributed by atoms with Crippen molar-refractivity contribution in [3.05, 3.63) is 42.2 Å². The molecule has 0 bridgehead atoms. The number of halogens is 1. The highest BCUT2D eigenvalue weighted by molar-refractivity contribution is 7.09. The number of hydrogen-bond donors (Lipinski definition) is 1. The Morgan fingerprint density at radius 1 is 1.13 bits per heavy atom. The maximum atomic E-state index is 6.37. The van der Waals surface area contributed by atoms with Crippen LogP contribution in [-0.4, -0.2) is 14.5 Å². The smallest absolute Gasteiger partial charge is 0.269 e. The van der Waals surface area contributed by atoms with Gasteiger partial charge in [-0.1, -0.05) is 48.3 Å². The Morgan fingerprint density at radius 3 is 2.61 bits per heavy atom. The quantitative estimate of drug-likeness (QED) is 0.773. The van der Waals surface area contributed by atoms with Gasteiger partial charge in [-0.15, -0.1) is 12.4 Å². The number of aromatic nitrogens is 3. The molecule has 4 rings (SSSR count). The highest BCUT2D eigenvalue weighted by Gasteiger charge is 2.36. The predicted molar refractivity (Wildman–Crippen MR) is 92.4 cm³/mol. The SMILES string of the molecule is Cl.NC1(c2noc(-c3cc(-c4ccccc4)ns3)n2)CCCC1. The summed E-state index contributed by atoms with van der Waals surface area (Å²) in [4.78, 5) is 5.38. The molecule has 0 atom stereocenters. The lowest BCUT2D eigenvalue weighted by atomic mass is 9.99. The van der Waals surface area contributed by atoms with Gasteiger partial charge in [0.15, 0.2) is 5.82 Å². The molecule has 2 aromatic heterocycles. The van der Waals surface area contributed by atoms with Gasteiger partial charge in [0.05, 0.1) is 11.2 Å². The zero-order chi connectivity index (χ0) is 15.0. The van der Waals surface area contributed by atoms with E-state index in [-0.39, 0.29) is 12.4 Å². The molecule has 2 N–H and O–H groups in total.